The Morgan fingerprint density at radius 1 is 1.10 bits per heavy atom. The van der Waals surface area contributed by atoms with Crippen molar-refractivity contribution in [3.05, 3.63) is 59.9 Å². The molecule has 0 saturated carbocycles. The lowest BCUT2D eigenvalue weighted by Crippen LogP contribution is -2.23. The summed E-state index contributed by atoms with van der Waals surface area (Å²) in [4.78, 5) is 0. The van der Waals surface area contributed by atoms with E-state index in [0.29, 0.717) is 0 Å². The number of rotatable bonds is 1. The van der Waals surface area contributed by atoms with Crippen molar-refractivity contribution in [2.75, 3.05) is 11.9 Å². The second-order valence-electron chi connectivity index (χ2n) is 5.17. The molecule has 1 aromatic heterocycles. The molecule has 1 N–H and O–H groups in total. The van der Waals surface area contributed by atoms with Gasteiger partial charge in [0, 0.05) is 5.39 Å². The molecule has 1 aliphatic heterocycles. The summed E-state index contributed by atoms with van der Waals surface area (Å²) in [5.74, 6) is 1.75. The Hall–Kier alpha value is -2.42. The lowest BCUT2D eigenvalue weighted by Gasteiger charge is -2.26. The maximum Gasteiger partial charge on any atom is 0.173 e. The first kappa shape index (κ1) is 11.4. The number of hydrogen-bond donors (Lipinski definition) is 1. The largest absolute Gasteiger partial charge is 0.478 e. The van der Waals surface area contributed by atoms with Crippen LogP contribution >= 0.6 is 0 Å². The molecule has 3 aromatic rings. The zero-order chi connectivity index (χ0) is 13.5. The molecule has 20 heavy (non-hydrogen) atoms. The molecule has 0 radical (unpaired) electrons. The third-order valence-corrected chi connectivity index (χ3v) is 3.64. The van der Waals surface area contributed by atoms with Gasteiger partial charge < -0.3 is 14.5 Å². The highest BCUT2D eigenvalue weighted by molar-refractivity contribution is 5.77. The Balaban J connectivity index is 1.69. The molecule has 1 unspecified atom stereocenters. The average Bonchev–Trinajstić information content (AvgIpc) is 2.90. The van der Waals surface area contributed by atoms with E-state index in [0.717, 1.165) is 34.7 Å². The number of fused-ring (bicyclic) bond motifs is 2. The Kier molecular flexibility index (Phi) is 2.46. The van der Waals surface area contributed by atoms with Crippen LogP contribution in [-0.2, 0) is 0 Å². The molecule has 1 atom stereocenters. The molecular formula is C17H15NO2. The standard InChI is InChI=1S/C17H15NO2/c1-11-6-7-15-13(8-11)18-10-17(20-15)16-9-12-4-2-3-5-14(12)19-16/h2-9,17-18H,10H2,1H3. The van der Waals surface area contributed by atoms with E-state index >= 15 is 0 Å². The molecule has 0 saturated heterocycles. The van der Waals surface area contributed by atoms with Crippen LogP contribution in [0.1, 0.15) is 17.4 Å². The highest BCUT2D eigenvalue weighted by Crippen LogP contribution is 2.36. The van der Waals surface area contributed by atoms with E-state index in [4.69, 9.17) is 9.15 Å². The SMILES string of the molecule is Cc1ccc2c(c1)NCC(c1cc3ccccc3o1)O2. The van der Waals surface area contributed by atoms with Crippen LogP contribution in [0.25, 0.3) is 11.0 Å². The first-order valence-corrected chi connectivity index (χ1v) is 6.79. The normalized spacial score (nSPS) is 17.4. The second kappa shape index (κ2) is 4.30. The van der Waals surface area contributed by atoms with Crippen molar-refractivity contribution in [1.82, 2.24) is 0 Å². The van der Waals surface area contributed by atoms with E-state index in [2.05, 4.69) is 36.5 Å². The van der Waals surface area contributed by atoms with Gasteiger partial charge in [-0.2, -0.15) is 0 Å². The van der Waals surface area contributed by atoms with Crippen molar-refractivity contribution in [3.8, 4) is 5.75 Å². The van der Waals surface area contributed by atoms with Crippen LogP contribution in [0.2, 0.25) is 0 Å². The topological polar surface area (TPSA) is 34.4 Å². The summed E-state index contributed by atoms with van der Waals surface area (Å²) in [6.07, 6.45) is -0.0855. The van der Waals surface area contributed by atoms with Gasteiger partial charge in [0.2, 0.25) is 0 Å². The molecule has 0 amide bonds. The van der Waals surface area contributed by atoms with Crippen LogP contribution in [0.4, 0.5) is 5.69 Å². The summed E-state index contributed by atoms with van der Waals surface area (Å²) in [5.41, 5.74) is 3.18. The van der Waals surface area contributed by atoms with Crippen LogP contribution < -0.4 is 10.1 Å². The van der Waals surface area contributed by atoms with E-state index in [1.807, 2.05) is 24.3 Å². The minimum atomic E-state index is -0.0855. The summed E-state index contributed by atoms with van der Waals surface area (Å²) < 4.78 is 11.9. The minimum Gasteiger partial charge on any atom is -0.478 e. The van der Waals surface area contributed by atoms with Gasteiger partial charge in [0.15, 0.2) is 6.10 Å². The molecule has 0 bridgehead atoms. The molecule has 2 aromatic carbocycles. The number of ether oxygens (including phenoxy) is 1. The van der Waals surface area contributed by atoms with Gasteiger partial charge in [-0.1, -0.05) is 24.3 Å². The predicted molar refractivity (Wildman–Crippen MR) is 79.3 cm³/mol. The Bertz CT molecular complexity index is 743. The maximum atomic E-state index is 6.05. The van der Waals surface area contributed by atoms with Gasteiger partial charge in [0.25, 0.3) is 0 Å². The van der Waals surface area contributed by atoms with Gasteiger partial charge >= 0.3 is 0 Å². The number of benzene rings is 2. The monoisotopic (exact) mass is 265 g/mol. The molecule has 1 aliphatic rings. The van der Waals surface area contributed by atoms with E-state index < -0.39 is 0 Å². The van der Waals surface area contributed by atoms with Crippen molar-refractivity contribution in [1.29, 1.82) is 0 Å². The van der Waals surface area contributed by atoms with E-state index in [9.17, 15) is 0 Å². The number of para-hydroxylation sites is 1. The average molecular weight is 265 g/mol. The smallest absolute Gasteiger partial charge is 0.173 e. The van der Waals surface area contributed by atoms with Crippen molar-refractivity contribution < 1.29 is 9.15 Å². The number of hydrogen-bond acceptors (Lipinski definition) is 3. The molecule has 3 heteroatoms. The Morgan fingerprint density at radius 3 is 2.90 bits per heavy atom. The summed E-state index contributed by atoms with van der Waals surface area (Å²) >= 11 is 0. The molecule has 3 nitrogen and oxygen atoms in total. The zero-order valence-corrected chi connectivity index (χ0v) is 11.2. The van der Waals surface area contributed by atoms with Gasteiger partial charge in [0.1, 0.15) is 17.1 Å². The van der Waals surface area contributed by atoms with Crippen molar-refractivity contribution in [2.24, 2.45) is 0 Å². The summed E-state index contributed by atoms with van der Waals surface area (Å²) in [7, 11) is 0. The van der Waals surface area contributed by atoms with Crippen LogP contribution in [0.15, 0.2) is 52.9 Å². The van der Waals surface area contributed by atoms with Crippen LogP contribution in [-0.4, -0.2) is 6.54 Å². The quantitative estimate of drug-likeness (QED) is 0.713. The highest BCUT2D eigenvalue weighted by atomic mass is 16.5. The zero-order valence-electron chi connectivity index (χ0n) is 11.2. The summed E-state index contributed by atoms with van der Waals surface area (Å²) in [6, 6.07) is 16.2. The van der Waals surface area contributed by atoms with E-state index in [-0.39, 0.29) is 6.10 Å². The summed E-state index contributed by atoms with van der Waals surface area (Å²) in [6.45, 7) is 2.80. The molecule has 100 valence electrons. The Morgan fingerprint density at radius 2 is 2.00 bits per heavy atom. The lowest BCUT2D eigenvalue weighted by molar-refractivity contribution is 0.183. The van der Waals surface area contributed by atoms with Gasteiger partial charge in [-0.3, -0.25) is 0 Å². The number of anilines is 1. The third kappa shape index (κ3) is 1.83. The minimum absolute atomic E-state index is 0.0855. The lowest BCUT2D eigenvalue weighted by atomic mass is 10.1. The van der Waals surface area contributed by atoms with Crippen LogP contribution in [0.5, 0.6) is 5.75 Å². The molecule has 4 rings (SSSR count). The van der Waals surface area contributed by atoms with Crippen molar-refractivity contribution in [2.45, 2.75) is 13.0 Å². The van der Waals surface area contributed by atoms with Gasteiger partial charge in [0.05, 0.1) is 12.2 Å². The fourth-order valence-electron chi connectivity index (χ4n) is 2.60. The molecule has 0 fully saturated rings. The first-order chi connectivity index (χ1) is 9.79. The fraction of sp³-hybridized carbons (Fsp3) is 0.176. The van der Waals surface area contributed by atoms with Crippen molar-refractivity contribution in [3.63, 3.8) is 0 Å². The van der Waals surface area contributed by atoms with Crippen LogP contribution in [0, 0.1) is 6.92 Å². The van der Waals surface area contributed by atoms with Gasteiger partial charge in [-0.05, 0) is 36.8 Å². The Labute approximate surface area is 117 Å². The summed E-state index contributed by atoms with van der Waals surface area (Å²) in [5, 5.41) is 4.52. The first-order valence-electron chi connectivity index (χ1n) is 6.79. The number of nitrogens with one attached hydrogen (secondary N) is 1. The fourth-order valence-corrected chi connectivity index (χ4v) is 2.60. The van der Waals surface area contributed by atoms with Crippen LogP contribution in [0.3, 0.4) is 0 Å². The van der Waals surface area contributed by atoms with Crippen molar-refractivity contribution >= 4 is 16.7 Å². The number of furan rings is 1. The van der Waals surface area contributed by atoms with E-state index in [1.54, 1.807) is 0 Å². The molecule has 0 spiro atoms. The third-order valence-electron chi connectivity index (χ3n) is 3.64. The van der Waals surface area contributed by atoms with E-state index in [1.165, 1.54) is 5.56 Å². The number of aryl methyl sites for hydroxylation is 1. The van der Waals surface area contributed by atoms with Gasteiger partial charge in [-0.15, -0.1) is 0 Å². The molecule has 2 heterocycles. The second-order valence-corrected chi connectivity index (χ2v) is 5.17. The predicted octanol–water partition coefficient (Wildman–Crippen LogP) is 4.29. The molecular weight excluding hydrogens is 250 g/mol. The van der Waals surface area contributed by atoms with Gasteiger partial charge in [-0.25, -0.2) is 0 Å². The molecule has 0 aliphatic carbocycles. The highest BCUT2D eigenvalue weighted by Gasteiger charge is 2.23. The maximum absolute atomic E-state index is 6.05.